The number of hydrogen-bond donors (Lipinski definition) is 3. The van der Waals surface area contributed by atoms with E-state index in [1.807, 2.05) is 68.4 Å². The molecule has 2 saturated carbocycles. The summed E-state index contributed by atoms with van der Waals surface area (Å²) in [6.45, 7) is 26.2. The minimum atomic E-state index is -1.65. The number of allylic oxidation sites excluding steroid dienone is 9. The fourth-order valence-electron chi connectivity index (χ4n) is 8.11. The van der Waals surface area contributed by atoms with Crippen LogP contribution in [0.1, 0.15) is 119 Å². The van der Waals surface area contributed by atoms with Crippen LogP contribution in [0.15, 0.2) is 83.0 Å². The number of fused-ring (bicyclic) bond motifs is 2. The topological polar surface area (TPSA) is 112 Å². The molecule has 1 aromatic carbocycles. The number of phenolic OH excluding ortho intramolecular Hbond substituents is 2. The number of aliphatic hydroxyl groups excluding tert-OH is 1. The van der Waals surface area contributed by atoms with Gasteiger partial charge in [-0.15, -0.1) is 6.58 Å². The highest BCUT2D eigenvalue weighted by Gasteiger charge is 2.74. The molecule has 49 heavy (non-hydrogen) atoms. The molecule has 3 rings (SSSR count). The minimum absolute atomic E-state index is 0.0120. The first-order valence-corrected chi connectivity index (χ1v) is 17.5. The number of carbonyl (C=O) groups is 3. The molecule has 0 spiro atoms. The summed E-state index contributed by atoms with van der Waals surface area (Å²) in [6, 6.07) is 3.69. The van der Waals surface area contributed by atoms with Crippen LogP contribution in [0.25, 0.3) is 5.76 Å². The fraction of sp³-hybridized carbons (Fsp3) is 0.512. The van der Waals surface area contributed by atoms with Crippen molar-refractivity contribution in [2.45, 2.75) is 114 Å². The van der Waals surface area contributed by atoms with Crippen LogP contribution in [0, 0.1) is 28.1 Å². The summed E-state index contributed by atoms with van der Waals surface area (Å²) in [7, 11) is 0. The highest BCUT2D eigenvalue weighted by molar-refractivity contribution is 6.41. The summed E-state index contributed by atoms with van der Waals surface area (Å²) in [5.41, 5.74) is 0.507. The van der Waals surface area contributed by atoms with Gasteiger partial charge in [0.05, 0.1) is 5.41 Å². The van der Waals surface area contributed by atoms with Crippen molar-refractivity contribution in [1.29, 1.82) is 0 Å². The van der Waals surface area contributed by atoms with Crippen LogP contribution in [0.5, 0.6) is 11.5 Å². The first-order valence-electron chi connectivity index (χ1n) is 17.5. The Morgan fingerprint density at radius 2 is 1.51 bits per heavy atom. The van der Waals surface area contributed by atoms with Crippen molar-refractivity contribution >= 4 is 23.1 Å². The Balaban J connectivity index is 2.54. The molecule has 0 saturated heterocycles. The van der Waals surface area contributed by atoms with Gasteiger partial charge < -0.3 is 15.3 Å². The van der Waals surface area contributed by atoms with Gasteiger partial charge in [-0.3, -0.25) is 14.4 Å². The lowest BCUT2D eigenvalue weighted by Gasteiger charge is -2.62. The second-order valence-corrected chi connectivity index (χ2v) is 15.8. The first-order chi connectivity index (χ1) is 22.7. The zero-order valence-electron chi connectivity index (χ0n) is 31.3. The number of benzene rings is 1. The van der Waals surface area contributed by atoms with Gasteiger partial charge >= 0.3 is 0 Å². The SMILES string of the molecule is C=C(C)CCC(C[C@]12C[C@H](CC=C(C)C)[C@@](C)(CCC=C(C)C)[C@](CC=C(C)C)(C(=O)/C(=C(\O)c3ccc(O)c(O)c3)C1=O)C2=O)C(=C)C. The van der Waals surface area contributed by atoms with Crippen LogP contribution in [-0.4, -0.2) is 32.7 Å². The lowest BCUT2D eigenvalue weighted by molar-refractivity contribution is -0.180. The highest BCUT2D eigenvalue weighted by Crippen LogP contribution is 2.67. The molecule has 1 aromatic rings. The first kappa shape index (κ1) is 39.5. The maximum absolute atomic E-state index is 15.7. The summed E-state index contributed by atoms with van der Waals surface area (Å²) in [5, 5.41) is 32.2. The number of hydrogen-bond acceptors (Lipinski definition) is 6. The largest absolute Gasteiger partial charge is 0.506 e. The van der Waals surface area contributed by atoms with Crippen molar-refractivity contribution in [2.75, 3.05) is 0 Å². The van der Waals surface area contributed by atoms with Gasteiger partial charge in [0.2, 0.25) is 0 Å². The predicted molar refractivity (Wildman–Crippen MR) is 199 cm³/mol. The number of aliphatic hydroxyl groups is 1. The maximum Gasteiger partial charge on any atom is 0.184 e. The summed E-state index contributed by atoms with van der Waals surface area (Å²) in [6.07, 6.45) is 9.83. The van der Waals surface area contributed by atoms with E-state index in [0.717, 1.165) is 33.9 Å². The lowest BCUT2D eigenvalue weighted by atomic mass is 9.37. The van der Waals surface area contributed by atoms with Crippen LogP contribution >= 0.6 is 0 Å². The van der Waals surface area contributed by atoms with E-state index in [1.165, 1.54) is 12.1 Å². The van der Waals surface area contributed by atoms with E-state index in [0.29, 0.717) is 32.1 Å². The molecule has 2 fully saturated rings. The van der Waals surface area contributed by atoms with E-state index in [4.69, 9.17) is 0 Å². The van der Waals surface area contributed by atoms with Crippen LogP contribution in [0.2, 0.25) is 0 Å². The predicted octanol–water partition coefficient (Wildman–Crippen LogP) is 10.5. The third-order valence-corrected chi connectivity index (χ3v) is 11.1. The van der Waals surface area contributed by atoms with Crippen LogP contribution in [0.4, 0.5) is 0 Å². The zero-order chi connectivity index (χ0) is 37.1. The molecule has 0 heterocycles. The molecule has 0 amide bonds. The maximum atomic E-state index is 15.7. The molecule has 6 heteroatoms. The second-order valence-electron chi connectivity index (χ2n) is 15.8. The molecular formula is C43H58O6. The summed E-state index contributed by atoms with van der Waals surface area (Å²) >= 11 is 0. The molecule has 3 N–H and O–H groups in total. The number of aromatic hydroxyl groups is 2. The van der Waals surface area contributed by atoms with Gasteiger partial charge in [0.25, 0.3) is 0 Å². The monoisotopic (exact) mass is 670 g/mol. The van der Waals surface area contributed by atoms with Crippen LogP contribution in [-0.2, 0) is 14.4 Å². The van der Waals surface area contributed by atoms with Gasteiger partial charge in [0, 0.05) is 5.56 Å². The van der Waals surface area contributed by atoms with Crippen molar-refractivity contribution in [3.63, 3.8) is 0 Å². The molecule has 0 aromatic heterocycles. The molecule has 0 radical (unpaired) electrons. The van der Waals surface area contributed by atoms with Crippen molar-refractivity contribution in [3.8, 4) is 11.5 Å². The van der Waals surface area contributed by atoms with E-state index in [-0.39, 0.29) is 42.4 Å². The summed E-state index contributed by atoms with van der Waals surface area (Å²) < 4.78 is 0. The number of phenols is 2. The molecule has 6 nitrogen and oxygen atoms in total. The second kappa shape index (κ2) is 15.3. The van der Waals surface area contributed by atoms with Crippen molar-refractivity contribution < 1.29 is 29.7 Å². The van der Waals surface area contributed by atoms with Crippen molar-refractivity contribution in [1.82, 2.24) is 0 Å². The van der Waals surface area contributed by atoms with Crippen molar-refractivity contribution in [2.24, 2.45) is 28.1 Å². The third kappa shape index (κ3) is 7.64. The molecular weight excluding hydrogens is 612 g/mol. The Morgan fingerprint density at radius 3 is 2.04 bits per heavy atom. The highest BCUT2D eigenvalue weighted by atomic mass is 16.3. The Kier molecular flexibility index (Phi) is 12.3. The summed E-state index contributed by atoms with van der Waals surface area (Å²) in [4.78, 5) is 46.2. The third-order valence-electron chi connectivity index (χ3n) is 11.1. The summed E-state index contributed by atoms with van der Waals surface area (Å²) in [5.74, 6) is -3.59. The zero-order valence-corrected chi connectivity index (χ0v) is 31.3. The van der Waals surface area contributed by atoms with E-state index in [9.17, 15) is 15.3 Å². The Bertz CT molecular complexity index is 1640. The number of carbonyl (C=O) groups excluding carboxylic acids is 3. The van der Waals surface area contributed by atoms with E-state index < -0.39 is 50.6 Å². The molecule has 2 aliphatic carbocycles. The standard InChI is InChI=1S/C43H58O6/c1-26(2)13-12-21-41(11)33(18-15-28(5)6)25-42(24-32(30(9)10)16-14-27(3)4)38(47)36(37(46)31-17-19-34(44)35(45)23-31)39(48)43(41,40(42)49)22-20-29(7)8/h13,15,17,19-20,23,32-33,44-46H,3,9,12,14,16,18,21-22,24-25H2,1-2,4-8,10-11H3/b37-36-/t32?,33-,41+,42-,43+/m0/s1. The number of Topliss-reactive ketones (excluding diaryl/α,β-unsaturated/α-hetero) is 3. The van der Waals surface area contributed by atoms with Gasteiger partial charge in [-0.25, -0.2) is 0 Å². The molecule has 2 aliphatic rings. The lowest BCUT2D eigenvalue weighted by Crippen LogP contribution is -2.70. The van der Waals surface area contributed by atoms with Gasteiger partial charge in [-0.05, 0) is 142 Å². The van der Waals surface area contributed by atoms with E-state index in [1.54, 1.807) is 0 Å². The Hall–Kier alpha value is -3.93. The van der Waals surface area contributed by atoms with Gasteiger partial charge in [0.1, 0.15) is 16.7 Å². The molecule has 266 valence electrons. The van der Waals surface area contributed by atoms with E-state index in [2.05, 4.69) is 25.3 Å². The Labute approximate surface area is 294 Å². The Morgan fingerprint density at radius 1 is 0.898 bits per heavy atom. The quantitative estimate of drug-likeness (QED) is 0.0453. The average molecular weight is 671 g/mol. The number of ketones is 3. The average Bonchev–Trinajstić information content (AvgIpc) is 3.00. The molecule has 5 atom stereocenters. The van der Waals surface area contributed by atoms with Crippen molar-refractivity contribution in [3.05, 3.63) is 88.6 Å². The minimum Gasteiger partial charge on any atom is -0.506 e. The van der Waals surface area contributed by atoms with Crippen LogP contribution in [0.3, 0.4) is 0 Å². The normalized spacial score (nSPS) is 26.5. The van der Waals surface area contributed by atoms with Gasteiger partial charge in [-0.2, -0.15) is 0 Å². The smallest absolute Gasteiger partial charge is 0.184 e. The molecule has 1 unspecified atom stereocenters. The van der Waals surface area contributed by atoms with Gasteiger partial charge in [-0.1, -0.05) is 59.6 Å². The molecule has 0 aliphatic heterocycles. The number of rotatable bonds is 14. The molecule has 2 bridgehead atoms. The fourth-order valence-corrected chi connectivity index (χ4v) is 8.11. The van der Waals surface area contributed by atoms with Gasteiger partial charge in [0.15, 0.2) is 28.8 Å². The van der Waals surface area contributed by atoms with E-state index >= 15 is 14.4 Å². The van der Waals surface area contributed by atoms with Crippen LogP contribution < -0.4 is 0 Å².